The van der Waals surface area contributed by atoms with Gasteiger partial charge in [-0.3, -0.25) is 9.59 Å². The summed E-state index contributed by atoms with van der Waals surface area (Å²) in [4.78, 5) is 27.7. The summed E-state index contributed by atoms with van der Waals surface area (Å²) >= 11 is 2.82. The molecule has 6 rings (SSSR count). The molecule has 3 aromatic carbocycles. The second kappa shape index (κ2) is 15.3. The number of aromatic nitrogens is 3. The highest BCUT2D eigenvalue weighted by Crippen LogP contribution is 2.42. The van der Waals surface area contributed by atoms with Crippen molar-refractivity contribution in [2.75, 3.05) is 20.0 Å². The van der Waals surface area contributed by atoms with Gasteiger partial charge in [0.2, 0.25) is 0 Å². The molecular formula is C35H33FN6O4S2. The molecule has 0 fully saturated rings. The fraction of sp³-hybridized carbons (Fsp3) is 0.229. The van der Waals surface area contributed by atoms with E-state index < -0.39 is 17.8 Å². The highest BCUT2D eigenvalue weighted by atomic mass is 32.2. The van der Waals surface area contributed by atoms with Crippen molar-refractivity contribution in [2.45, 2.75) is 37.1 Å². The average molecular weight is 685 g/mol. The standard InChI is InChI=1S/C35H33FN6O4S2/c1-45-29-15-8-13-25(33(29)46-2)28-20-27(30-16-9-19-47-30)40-42(28)32(43)22-48-35-39-38-31(41(35)18-17-23-10-4-3-5-11-23)21-37-34(44)24-12-6-7-14-26(24)36/h3-16,19,28H,17-18,20-22H2,1-2H3,(H,37,44)/t28-/m0/s1. The smallest absolute Gasteiger partial charge is 0.254 e. The van der Waals surface area contributed by atoms with Crippen LogP contribution in [0.4, 0.5) is 4.39 Å². The van der Waals surface area contributed by atoms with Crippen LogP contribution < -0.4 is 14.8 Å². The topological polar surface area (TPSA) is 111 Å². The fourth-order valence-corrected chi connectivity index (χ4v) is 7.06. The Hall–Kier alpha value is -5.01. The number of halogens is 1. The number of methoxy groups -OCH3 is 2. The number of nitrogens with zero attached hydrogens (tertiary/aromatic N) is 5. The largest absolute Gasteiger partial charge is 0.493 e. The molecule has 1 aliphatic heterocycles. The Labute approximate surface area is 285 Å². The van der Waals surface area contributed by atoms with Gasteiger partial charge in [0.1, 0.15) is 5.82 Å². The lowest BCUT2D eigenvalue weighted by molar-refractivity contribution is -0.130. The van der Waals surface area contributed by atoms with Crippen molar-refractivity contribution in [2.24, 2.45) is 5.10 Å². The third-order valence-electron chi connectivity index (χ3n) is 7.87. The lowest BCUT2D eigenvalue weighted by atomic mass is 9.99. The zero-order chi connectivity index (χ0) is 33.5. The number of nitrogens with one attached hydrogen (secondary N) is 1. The van der Waals surface area contributed by atoms with Crippen LogP contribution in [0, 0.1) is 5.82 Å². The van der Waals surface area contributed by atoms with Crippen molar-refractivity contribution in [1.82, 2.24) is 25.1 Å². The first-order chi connectivity index (χ1) is 23.5. The highest BCUT2D eigenvalue weighted by Gasteiger charge is 2.36. The van der Waals surface area contributed by atoms with Crippen LogP contribution in [0.2, 0.25) is 0 Å². The van der Waals surface area contributed by atoms with Crippen molar-refractivity contribution in [3.8, 4) is 11.5 Å². The molecule has 246 valence electrons. The van der Waals surface area contributed by atoms with Gasteiger partial charge in [0.15, 0.2) is 22.5 Å². The number of thiophene rings is 1. The van der Waals surface area contributed by atoms with E-state index in [4.69, 9.17) is 14.6 Å². The number of rotatable bonds is 13. The van der Waals surface area contributed by atoms with Gasteiger partial charge in [-0.25, -0.2) is 9.40 Å². The zero-order valence-electron chi connectivity index (χ0n) is 26.3. The summed E-state index contributed by atoms with van der Waals surface area (Å²) in [5.41, 5.74) is 2.67. The van der Waals surface area contributed by atoms with Crippen molar-refractivity contribution in [3.63, 3.8) is 0 Å². The monoisotopic (exact) mass is 684 g/mol. The Morgan fingerprint density at radius 1 is 0.979 bits per heavy atom. The van der Waals surface area contributed by atoms with Crippen LogP contribution in [0.1, 0.15) is 44.6 Å². The Balaban J connectivity index is 1.23. The minimum absolute atomic E-state index is 0.0295. The molecule has 1 aliphatic rings. The number of hydrogen-bond acceptors (Lipinski definition) is 9. The maximum absolute atomic E-state index is 14.2. The highest BCUT2D eigenvalue weighted by molar-refractivity contribution is 7.99. The predicted octanol–water partition coefficient (Wildman–Crippen LogP) is 6.14. The molecule has 0 radical (unpaired) electrons. The second-order valence-electron chi connectivity index (χ2n) is 10.8. The van der Waals surface area contributed by atoms with E-state index in [1.54, 1.807) is 31.6 Å². The van der Waals surface area contributed by atoms with E-state index in [1.807, 2.05) is 70.6 Å². The Morgan fingerprint density at radius 2 is 1.79 bits per heavy atom. The van der Waals surface area contributed by atoms with Crippen LogP contribution in [-0.4, -0.2) is 57.3 Å². The first-order valence-electron chi connectivity index (χ1n) is 15.2. The minimum Gasteiger partial charge on any atom is -0.493 e. The third-order valence-corrected chi connectivity index (χ3v) is 9.74. The maximum atomic E-state index is 14.2. The summed E-state index contributed by atoms with van der Waals surface area (Å²) in [6.45, 7) is 0.536. The lowest BCUT2D eigenvalue weighted by Gasteiger charge is -2.24. The van der Waals surface area contributed by atoms with Gasteiger partial charge in [-0.05, 0) is 41.6 Å². The van der Waals surface area contributed by atoms with Gasteiger partial charge in [-0.15, -0.1) is 21.5 Å². The quantitative estimate of drug-likeness (QED) is 0.148. The Morgan fingerprint density at radius 3 is 2.54 bits per heavy atom. The van der Waals surface area contributed by atoms with E-state index in [9.17, 15) is 14.0 Å². The zero-order valence-corrected chi connectivity index (χ0v) is 28.0. The number of carbonyl (C=O) groups is 2. The molecule has 5 aromatic rings. The summed E-state index contributed by atoms with van der Waals surface area (Å²) < 4.78 is 27.4. The summed E-state index contributed by atoms with van der Waals surface area (Å²) in [5, 5.41) is 20.3. The molecular weight excluding hydrogens is 652 g/mol. The number of ether oxygens (including phenoxy) is 2. The van der Waals surface area contributed by atoms with Gasteiger partial charge in [0.25, 0.3) is 11.8 Å². The molecule has 13 heteroatoms. The summed E-state index contributed by atoms with van der Waals surface area (Å²) in [5.74, 6) is 0.282. The number of para-hydroxylation sites is 1. The van der Waals surface area contributed by atoms with Crippen molar-refractivity contribution in [1.29, 1.82) is 0 Å². The normalized spacial score (nSPS) is 14.1. The van der Waals surface area contributed by atoms with Crippen molar-refractivity contribution < 1.29 is 23.5 Å². The van der Waals surface area contributed by atoms with Crippen LogP contribution in [0.15, 0.2) is 101 Å². The van der Waals surface area contributed by atoms with E-state index in [-0.39, 0.29) is 23.8 Å². The Kier molecular flexibility index (Phi) is 10.5. The van der Waals surface area contributed by atoms with Crippen LogP contribution >= 0.6 is 23.1 Å². The number of hydrogen-bond donors (Lipinski definition) is 1. The summed E-state index contributed by atoms with van der Waals surface area (Å²) in [7, 11) is 3.16. The molecule has 0 saturated heterocycles. The molecule has 1 N–H and O–H groups in total. The molecule has 0 saturated carbocycles. The number of carbonyl (C=O) groups excluding carboxylic acids is 2. The van der Waals surface area contributed by atoms with Crippen LogP contribution in [-0.2, 0) is 24.3 Å². The second-order valence-corrected chi connectivity index (χ2v) is 12.7. The van der Waals surface area contributed by atoms with Gasteiger partial charge in [-0.2, -0.15) is 5.10 Å². The first kappa shape index (κ1) is 32.9. The van der Waals surface area contributed by atoms with E-state index in [1.165, 1.54) is 35.0 Å². The van der Waals surface area contributed by atoms with Crippen LogP contribution in [0.5, 0.6) is 11.5 Å². The number of amides is 2. The first-order valence-corrected chi connectivity index (χ1v) is 17.1. The predicted molar refractivity (Wildman–Crippen MR) is 183 cm³/mol. The third kappa shape index (κ3) is 7.26. The van der Waals surface area contributed by atoms with Crippen molar-refractivity contribution in [3.05, 3.63) is 124 Å². The minimum atomic E-state index is -0.605. The van der Waals surface area contributed by atoms with Crippen LogP contribution in [0.25, 0.3) is 0 Å². The lowest BCUT2D eigenvalue weighted by Crippen LogP contribution is -2.29. The molecule has 0 bridgehead atoms. The molecule has 0 unspecified atom stereocenters. The Bertz CT molecular complexity index is 1920. The fourth-order valence-electron chi connectivity index (χ4n) is 5.51. The molecule has 48 heavy (non-hydrogen) atoms. The molecule has 2 amide bonds. The molecule has 0 spiro atoms. The number of aryl methyl sites for hydroxylation is 1. The molecule has 2 aromatic heterocycles. The van der Waals surface area contributed by atoms with Crippen LogP contribution in [0.3, 0.4) is 0 Å². The van der Waals surface area contributed by atoms with E-state index >= 15 is 0 Å². The number of thioether (sulfide) groups is 1. The number of hydrazone groups is 1. The van der Waals surface area contributed by atoms with Gasteiger partial charge < -0.3 is 19.4 Å². The van der Waals surface area contributed by atoms with Crippen molar-refractivity contribution >= 4 is 40.6 Å². The molecule has 3 heterocycles. The van der Waals surface area contributed by atoms with Gasteiger partial charge in [0, 0.05) is 18.5 Å². The van der Waals surface area contributed by atoms with Gasteiger partial charge in [-0.1, -0.05) is 72.4 Å². The number of benzene rings is 3. The summed E-state index contributed by atoms with van der Waals surface area (Å²) in [6.07, 6.45) is 1.19. The van der Waals surface area contributed by atoms with Gasteiger partial charge >= 0.3 is 0 Å². The molecule has 0 aliphatic carbocycles. The average Bonchev–Trinajstić information content (AvgIpc) is 3.89. The maximum Gasteiger partial charge on any atom is 0.254 e. The summed E-state index contributed by atoms with van der Waals surface area (Å²) in [6, 6.07) is 24.9. The van der Waals surface area contributed by atoms with E-state index in [0.717, 1.165) is 21.7 Å². The van der Waals surface area contributed by atoms with E-state index in [2.05, 4.69) is 15.5 Å². The van der Waals surface area contributed by atoms with E-state index in [0.29, 0.717) is 41.9 Å². The molecule has 1 atom stereocenters. The SMILES string of the molecule is COc1cccc([C@@H]2CC(c3cccs3)=NN2C(=O)CSc2nnc(CNC(=O)c3ccccc3F)n2CCc2ccccc2)c1OC. The molecule has 10 nitrogen and oxygen atoms in total. The van der Waals surface area contributed by atoms with Gasteiger partial charge in [0.05, 0.1) is 48.7 Å².